The lowest BCUT2D eigenvalue weighted by atomic mass is 10.0. The van der Waals surface area contributed by atoms with Gasteiger partial charge >= 0.3 is 0 Å². The fourth-order valence-corrected chi connectivity index (χ4v) is 1.25. The van der Waals surface area contributed by atoms with Crippen LogP contribution in [0.3, 0.4) is 0 Å². The summed E-state index contributed by atoms with van der Waals surface area (Å²) in [5, 5.41) is 2.56. The summed E-state index contributed by atoms with van der Waals surface area (Å²) >= 11 is 0. The predicted octanol–water partition coefficient (Wildman–Crippen LogP) is 1.56. The zero-order valence-electron chi connectivity index (χ0n) is 9.84. The van der Waals surface area contributed by atoms with Crippen molar-refractivity contribution in [2.45, 2.75) is 26.4 Å². The van der Waals surface area contributed by atoms with Crippen LogP contribution in [0.2, 0.25) is 0 Å². The first kappa shape index (κ1) is 13.6. The number of hydrogen-bond donors (Lipinski definition) is 2. The molecule has 0 saturated heterocycles. The normalized spacial score (nSPS) is 14.2. The zero-order chi connectivity index (χ0) is 13.0. The Bertz CT molecular complexity index is 407. The molecule has 0 aliphatic heterocycles. The van der Waals surface area contributed by atoms with Gasteiger partial charge in [0, 0.05) is 30.1 Å². The van der Waals surface area contributed by atoms with Gasteiger partial charge in [-0.1, -0.05) is 13.0 Å². The number of halogens is 2. The van der Waals surface area contributed by atoms with E-state index in [1.54, 1.807) is 13.8 Å². The van der Waals surface area contributed by atoms with Crippen molar-refractivity contribution in [3.8, 4) is 0 Å². The highest BCUT2D eigenvalue weighted by molar-refractivity contribution is 5.78. The minimum atomic E-state index is -0.668. The second-order valence-corrected chi connectivity index (χ2v) is 4.10. The van der Waals surface area contributed by atoms with E-state index in [0.717, 1.165) is 12.1 Å². The highest BCUT2D eigenvalue weighted by Gasteiger charge is 2.16. The first-order chi connectivity index (χ1) is 7.91. The van der Waals surface area contributed by atoms with Crippen molar-refractivity contribution in [2.24, 2.45) is 11.7 Å². The molecule has 94 valence electrons. The Balaban J connectivity index is 2.59. The maximum atomic E-state index is 13.2. The SMILES string of the molecule is CC(N)C(C)C(=O)NCc1ccc(F)cc1F. The second-order valence-electron chi connectivity index (χ2n) is 4.10. The van der Waals surface area contributed by atoms with Gasteiger partial charge in [0.05, 0.1) is 0 Å². The molecule has 0 bridgehead atoms. The second kappa shape index (κ2) is 5.72. The van der Waals surface area contributed by atoms with Crippen LogP contribution in [0.4, 0.5) is 8.78 Å². The Labute approximate surface area is 99.0 Å². The molecule has 1 rings (SSSR count). The van der Waals surface area contributed by atoms with E-state index < -0.39 is 11.6 Å². The third kappa shape index (κ3) is 3.78. The van der Waals surface area contributed by atoms with Crippen LogP contribution >= 0.6 is 0 Å². The van der Waals surface area contributed by atoms with Gasteiger partial charge in [0.2, 0.25) is 5.91 Å². The van der Waals surface area contributed by atoms with Crippen molar-refractivity contribution in [3.63, 3.8) is 0 Å². The summed E-state index contributed by atoms with van der Waals surface area (Å²) in [5.74, 6) is -1.90. The molecule has 5 heteroatoms. The highest BCUT2D eigenvalue weighted by atomic mass is 19.1. The van der Waals surface area contributed by atoms with Crippen molar-refractivity contribution >= 4 is 5.91 Å². The summed E-state index contributed by atoms with van der Waals surface area (Å²) in [4.78, 5) is 11.5. The van der Waals surface area contributed by atoms with Gasteiger partial charge in [0.15, 0.2) is 0 Å². The first-order valence-electron chi connectivity index (χ1n) is 5.39. The molecule has 0 aromatic heterocycles. The quantitative estimate of drug-likeness (QED) is 0.842. The van der Waals surface area contributed by atoms with Crippen LogP contribution in [-0.2, 0) is 11.3 Å². The van der Waals surface area contributed by atoms with E-state index in [4.69, 9.17) is 5.73 Å². The number of amides is 1. The number of carbonyl (C=O) groups is 1. The molecule has 0 radical (unpaired) electrons. The van der Waals surface area contributed by atoms with Crippen molar-refractivity contribution in [2.75, 3.05) is 0 Å². The molecular formula is C12H16F2N2O. The van der Waals surface area contributed by atoms with Crippen molar-refractivity contribution in [1.82, 2.24) is 5.32 Å². The van der Waals surface area contributed by atoms with E-state index in [-0.39, 0.29) is 30.0 Å². The monoisotopic (exact) mass is 242 g/mol. The van der Waals surface area contributed by atoms with Gasteiger partial charge in [-0.15, -0.1) is 0 Å². The van der Waals surface area contributed by atoms with Crippen LogP contribution < -0.4 is 11.1 Å². The zero-order valence-corrected chi connectivity index (χ0v) is 9.84. The number of rotatable bonds is 4. The smallest absolute Gasteiger partial charge is 0.224 e. The summed E-state index contributed by atoms with van der Waals surface area (Å²) in [7, 11) is 0. The number of hydrogen-bond acceptors (Lipinski definition) is 2. The Morgan fingerprint density at radius 2 is 2.06 bits per heavy atom. The molecule has 0 spiro atoms. The summed E-state index contributed by atoms with van der Waals surface area (Å²) in [6.07, 6.45) is 0. The van der Waals surface area contributed by atoms with Crippen LogP contribution in [0.5, 0.6) is 0 Å². The van der Waals surface area contributed by atoms with Crippen LogP contribution in [-0.4, -0.2) is 11.9 Å². The Kier molecular flexibility index (Phi) is 4.57. The average Bonchev–Trinajstić information content (AvgIpc) is 2.26. The van der Waals surface area contributed by atoms with Gasteiger partial charge in [-0.3, -0.25) is 4.79 Å². The molecule has 1 amide bonds. The average molecular weight is 242 g/mol. The van der Waals surface area contributed by atoms with Gasteiger partial charge in [0.1, 0.15) is 11.6 Å². The third-order valence-electron chi connectivity index (χ3n) is 2.67. The fourth-order valence-electron chi connectivity index (χ4n) is 1.25. The van der Waals surface area contributed by atoms with E-state index in [1.807, 2.05) is 0 Å². The van der Waals surface area contributed by atoms with Crippen LogP contribution in [0.15, 0.2) is 18.2 Å². The summed E-state index contributed by atoms with van der Waals surface area (Å²) in [5.41, 5.74) is 5.82. The Morgan fingerprint density at radius 3 is 2.59 bits per heavy atom. The molecule has 0 fully saturated rings. The number of carbonyl (C=O) groups excluding carboxylic acids is 1. The molecule has 3 N–H and O–H groups in total. The molecule has 3 nitrogen and oxygen atoms in total. The van der Waals surface area contributed by atoms with Crippen LogP contribution in [0.1, 0.15) is 19.4 Å². The van der Waals surface area contributed by atoms with Gasteiger partial charge in [-0.05, 0) is 13.0 Å². The molecule has 1 aromatic rings. The van der Waals surface area contributed by atoms with Gasteiger partial charge in [-0.2, -0.15) is 0 Å². The number of benzene rings is 1. The minimum Gasteiger partial charge on any atom is -0.352 e. The first-order valence-corrected chi connectivity index (χ1v) is 5.39. The van der Waals surface area contributed by atoms with Crippen molar-refractivity contribution in [3.05, 3.63) is 35.4 Å². The molecule has 0 heterocycles. The molecule has 2 atom stereocenters. The topological polar surface area (TPSA) is 55.1 Å². The molecule has 1 aromatic carbocycles. The van der Waals surface area contributed by atoms with Gasteiger partial charge < -0.3 is 11.1 Å². The van der Waals surface area contributed by atoms with E-state index >= 15 is 0 Å². The molecular weight excluding hydrogens is 226 g/mol. The maximum Gasteiger partial charge on any atom is 0.224 e. The van der Waals surface area contributed by atoms with E-state index in [1.165, 1.54) is 6.07 Å². The minimum absolute atomic E-state index is 0.0298. The number of nitrogens with one attached hydrogen (secondary N) is 1. The molecule has 2 unspecified atom stereocenters. The predicted molar refractivity (Wildman–Crippen MR) is 61.0 cm³/mol. The van der Waals surface area contributed by atoms with Gasteiger partial charge in [0.25, 0.3) is 0 Å². The van der Waals surface area contributed by atoms with Crippen molar-refractivity contribution < 1.29 is 13.6 Å². The Hall–Kier alpha value is -1.49. The fraction of sp³-hybridized carbons (Fsp3) is 0.417. The lowest BCUT2D eigenvalue weighted by Gasteiger charge is -2.15. The van der Waals surface area contributed by atoms with E-state index in [0.29, 0.717) is 0 Å². The highest BCUT2D eigenvalue weighted by Crippen LogP contribution is 2.09. The molecule has 0 aliphatic carbocycles. The molecule has 0 saturated carbocycles. The Morgan fingerprint density at radius 1 is 1.41 bits per heavy atom. The summed E-state index contributed by atoms with van der Waals surface area (Å²) < 4.78 is 25.9. The lowest BCUT2D eigenvalue weighted by molar-refractivity contribution is -0.125. The summed E-state index contributed by atoms with van der Waals surface area (Å²) in [6, 6.07) is 2.98. The molecule has 0 aliphatic rings. The largest absolute Gasteiger partial charge is 0.352 e. The van der Waals surface area contributed by atoms with E-state index in [2.05, 4.69) is 5.32 Å². The van der Waals surface area contributed by atoms with Crippen LogP contribution in [0.25, 0.3) is 0 Å². The number of nitrogens with two attached hydrogens (primary N) is 1. The van der Waals surface area contributed by atoms with Crippen LogP contribution in [0, 0.1) is 17.6 Å². The van der Waals surface area contributed by atoms with Gasteiger partial charge in [-0.25, -0.2) is 8.78 Å². The van der Waals surface area contributed by atoms with E-state index in [9.17, 15) is 13.6 Å². The maximum absolute atomic E-state index is 13.2. The standard InChI is InChI=1S/C12H16F2N2O/c1-7(8(2)15)12(17)16-6-9-3-4-10(13)5-11(9)14/h3-5,7-8H,6,15H2,1-2H3,(H,16,17). The summed E-state index contributed by atoms with van der Waals surface area (Å²) in [6.45, 7) is 3.45. The third-order valence-corrected chi connectivity index (χ3v) is 2.67. The van der Waals surface area contributed by atoms with Crippen molar-refractivity contribution in [1.29, 1.82) is 0 Å². The lowest BCUT2D eigenvalue weighted by Crippen LogP contribution is -2.38. The molecule has 17 heavy (non-hydrogen) atoms.